The Morgan fingerprint density at radius 1 is 1.33 bits per heavy atom. The summed E-state index contributed by atoms with van der Waals surface area (Å²) in [7, 11) is 0. The van der Waals surface area contributed by atoms with E-state index in [-0.39, 0.29) is 5.91 Å². The number of anilines is 1. The van der Waals surface area contributed by atoms with Gasteiger partial charge in [0.05, 0.1) is 0 Å². The summed E-state index contributed by atoms with van der Waals surface area (Å²) in [6.45, 7) is 2.53. The fourth-order valence-corrected chi connectivity index (χ4v) is 2.47. The smallest absolute Gasteiger partial charge is 0.251 e. The van der Waals surface area contributed by atoms with Crippen LogP contribution >= 0.6 is 15.9 Å². The average molecular weight is 348 g/mol. The molecule has 2 rings (SSSR count). The second kappa shape index (κ2) is 7.22. The predicted molar refractivity (Wildman–Crippen MR) is 88.0 cm³/mol. The average Bonchev–Trinajstić information content (AvgIpc) is 2.46. The predicted octanol–water partition coefficient (Wildman–Crippen LogP) is 3.31. The summed E-state index contributed by atoms with van der Waals surface area (Å²) in [6, 6.07) is 11.2. The first-order chi connectivity index (χ1) is 10.1. The molecular formula is C16H18BrN3O. The molecule has 3 N–H and O–H groups in total. The van der Waals surface area contributed by atoms with Crippen molar-refractivity contribution >= 4 is 27.7 Å². The Bertz CT molecular complexity index is 643. The van der Waals surface area contributed by atoms with Crippen LogP contribution < -0.4 is 11.1 Å². The number of nitrogens with two attached hydrogens (primary N) is 1. The molecule has 0 aliphatic rings. The standard InChI is InChI=1S/C16H18BrN3O/c1-2-5-13-8-12(9-15(18)20-13)16(21)19-10-11-6-3-4-7-14(11)17/h3-4,6-9H,2,5,10H2,1H3,(H2,18,20)(H,19,21). The number of hydrogen-bond acceptors (Lipinski definition) is 3. The molecular weight excluding hydrogens is 330 g/mol. The third-order valence-corrected chi connectivity index (χ3v) is 3.84. The zero-order chi connectivity index (χ0) is 15.2. The number of rotatable bonds is 5. The minimum atomic E-state index is -0.141. The molecule has 0 saturated carbocycles. The van der Waals surface area contributed by atoms with Gasteiger partial charge < -0.3 is 11.1 Å². The number of carbonyl (C=O) groups is 1. The first kappa shape index (κ1) is 15.5. The summed E-state index contributed by atoms with van der Waals surface area (Å²) >= 11 is 3.47. The lowest BCUT2D eigenvalue weighted by Gasteiger charge is -2.09. The molecule has 0 saturated heterocycles. The van der Waals surface area contributed by atoms with Crippen molar-refractivity contribution in [3.05, 3.63) is 57.7 Å². The molecule has 1 heterocycles. The molecule has 0 aliphatic heterocycles. The van der Waals surface area contributed by atoms with Crippen LogP contribution in [0.4, 0.5) is 5.82 Å². The Balaban J connectivity index is 2.08. The van der Waals surface area contributed by atoms with E-state index >= 15 is 0 Å². The van der Waals surface area contributed by atoms with E-state index in [0.717, 1.165) is 28.6 Å². The Labute approximate surface area is 132 Å². The number of hydrogen-bond donors (Lipinski definition) is 2. The number of nitrogens with one attached hydrogen (secondary N) is 1. The highest BCUT2D eigenvalue weighted by Crippen LogP contribution is 2.16. The zero-order valence-corrected chi connectivity index (χ0v) is 13.5. The Morgan fingerprint density at radius 3 is 2.81 bits per heavy atom. The van der Waals surface area contributed by atoms with Gasteiger partial charge in [-0.1, -0.05) is 47.5 Å². The Morgan fingerprint density at radius 2 is 2.10 bits per heavy atom. The van der Waals surface area contributed by atoms with Gasteiger partial charge in [-0.15, -0.1) is 0 Å². The molecule has 4 nitrogen and oxygen atoms in total. The molecule has 0 aliphatic carbocycles. The molecule has 1 aromatic carbocycles. The van der Waals surface area contributed by atoms with Gasteiger partial charge in [0.2, 0.25) is 0 Å². The number of benzene rings is 1. The number of nitrogens with zero attached hydrogens (tertiary/aromatic N) is 1. The van der Waals surface area contributed by atoms with Crippen LogP contribution in [0.3, 0.4) is 0 Å². The summed E-state index contributed by atoms with van der Waals surface area (Å²) in [4.78, 5) is 16.5. The van der Waals surface area contributed by atoms with E-state index in [2.05, 4.69) is 33.2 Å². The van der Waals surface area contributed by atoms with Gasteiger partial charge in [-0.3, -0.25) is 4.79 Å². The van der Waals surface area contributed by atoms with Crippen LogP contribution in [0.5, 0.6) is 0 Å². The van der Waals surface area contributed by atoms with E-state index in [1.165, 1.54) is 0 Å². The fourth-order valence-electron chi connectivity index (χ4n) is 2.05. The highest BCUT2D eigenvalue weighted by atomic mass is 79.9. The van der Waals surface area contributed by atoms with Gasteiger partial charge in [-0.25, -0.2) is 4.98 Å². The lowest BCUT2D eigenvalue weighted by molar-refractivity contribution is 0.0950. The minimum Gasteiger partial charge on any atom is -0.384 e. The second-order valence-corrected chi connectivity index (χ2v) is 5.65. The quantitative estimate of drug-likeness (QED) is 0.871. The molecule has 21 heavy (non-hydrogen) atoms. The van der Waals surface area contributed by atoms with Gasteiger partial charge in [-0.2, -0.15) is 0 Å². The van der Waals surface area contributed by atoms with Crippen molar-refractivity contribution in [1.82, 2.24) is 10.3 Å². The van der Waals surface area contributed by atoms with Crippen LogP contribution in [0.2, 0.25) is 0 Å². The third-order valence-electron chi connectivity index (χ3n) is 3.06. The first-order valence-corrected chi connectivity index (χ1v) is 7.67. The van der Waals surface area contributed by atoms with Gasteiger partial charge in [0.1, 0.15) is 5.82 Å². The number of halogens is 1. The van der Waals surface area contributed by atoms with Crippen molar-refractivity contribution in [2.75, 3.05) is 5.73 Å². The molecule has 110 valence electrons. The van der Waals surface area contributed by atoms with Crippen LogP contribution in [0.15, 0.2) is 40.9 Å². The van der Waals surface area contributed by atoms with Gasteiger partial charge >= 0.3 is 0 Å². The van der Waals surface area contributed by atoms with Gasteiger partial charge in [-0.05, 0) is 30.2 Å². The number of aromatic nitrogens is 1. The number of aryl methyl sites for hydroxylation is 1. The molecule has 0 unspecified atom stereocenters. The molecule has 5 heteroatoms. The monoisotopic (exact) mass is 347 g/mol. The van der Waals surface area contributed by atoms with Crippen molar-refractivity contribution in [2.24, 2.45) is 0 Å². The molecule has 0 spiro atoms. The number of pyridine rings is 1. The van der Waals surface area contributed by atoms with E-state index in [4.69, 9.17) is 5.73 Å². The van der Waals surface area contributed by atoms with Crippen molar-refractivity contribution in [2.45, 2.75) is 26.3 Å². The SMILES string of the molecule is CCCc1cc(C(=O)NCc2ccccc2Br)cc(N)n1. The molecule has 0 bridgehead atoms. The maximum Gasteiger partial charge on any atom is 0.251 e. The normalized spacial score (nSPS) is 10.4. The van der Waals surface area contributed by atoms with Crippen LogP contribution in [-0.4, -0.2) is 10.9 Å². The van der Waals surface area contributed by atoms with Gasteiger partial charge in [0.15, 0.2) is 0 Å². The minimum absolute atomic E-state index is 0.141. The molecule has 2 aromatic rings. The maximum atomic E-state index is 12.2. The lowest BCUT2D eigenvalue weighted by atomic mass is 10.1. The van der Waals surface area contributed by atoms with Crippen molar-refractivity contribution < 1.29 is 4.79 Å². The molecule has 0 radical (unpaired) electrons. The Kier molecular flexibility index (Phi) is 5.33. The van der Waals surface area contributed by atoms with Crippen molar-refractivity contribution in [3.8, 4) is 0 Å². The summed E-state index contributed by atoms with van der Waals surface area (Å²) in [5.74, 6) is 0.240. The summed E-state index contributed by atoms with van der Waals surface area (Å²) in [6.07, 6.45) is 1.78. The van der Waals surface area contributed by atoms with Crippen LogP contribution in [0, 0.1) is 0 Å². The fraction of sp³-hybridized carbons (Fsp3) is 0.250. The summed E-state index contributed by atoms with van der Waals surface area (Å²) < 4.78 is 0.978. The third kappa shape index (κ3) is 4.29. The van der Waals surface area contributed by atoms with Crippen LogP contribution in [0.1, 0.15) is 35.0 Å². The Hall–Kier alpha value is -1.88. The topological polar surface area (TPSA) is 68.0 Å². The summed E-state index contributed by atoms with van der Waals surface area (Å²) in [5.41, 5.74) is 8.19. The van der Waals surface area contributed by atoms with Gasteiger partial charge in [0.25, 0.3) is 5.91 Å². The van der Waals surface area contributed by atoms with E-state index in [9.17, 15) is 4.79 Å². The van der Waals surface area contributed by atoms with E-state index in [1.54, 1.807) is 12.1 Å². The number of nitrogen functional groups attached to an aromatic ring is 1. The van der Waals surface area contributed by atoms with E-state index < -0.39 is 0 Å². The highest BCUT2D eigenvalue weighted by molar-refractivity contribution is 9.10. The second-order valence-electron chi connectivity index (χ2n) is 4.80. The number of amides is 1. The van der Waals surface area contributed by atoms with Crippen molar-refractivity contribution in [3.63, 3.8) is 0 Å². The van der Waals surface area contributed by atoms with Crippen LogP contribution in [-0.2, 0) is 13.0 Å². The molecule has 0 atom stereocenters. The molecule has 1 aromatic heterocycles. The van der Waals surface area contributed by atoms with Gasteiger partial charge in [0, 0.05) is 22.3 Å². The maximum absolute atomic E-state index is 12.2. The van der Waals surface area contributed by atoms with Crippen LogP contribution in [0.25, 0.3) is 0 Å². The summed E-state index contributed by atoms with van der Waals surface area (Å²) in [5, 5.41) is 2.90. The zero-order valence-electron chi connectivity index (χ0n) is 11.9. The molecule has 1 amide bonds. The largest absolute Gasteiger partial charge is 0.384 e. The van der Waals surface area contributed by atoms with Crippen molar-refractivity contribution in [1.29, 1.82) is 0 Å². The van der Waals surface area contributed by atoms with E-state index in [0.29, 0.717) is 17.9 Å². The first-order valence-electron chi connectivity index (χ1n) is 6.88. The molecule has 0 fully saturated rings. The highest BCUT2D eigenvalue weighted by Gasteiger charge is 2.09. The number of carbonyl (C=O) groups excluding carboxylic acids is 1. The lowest BCUT2D eigenvalue weighted by Crippen LogP contribution is -2.23. The van der Waals surface area contributed by atoms with E-state index in [1.807, 2.05) is 24.3 Å².